The molecule has 0 atom stereocenters. The molecule has 0 aliphatic rings. The van der Waals surface area contributed by atoms with Gasteiger partial charge in [0.05, 0.1) is 55.3 Å². The van der Waals surface area contributed by atoms with Crippen LogP contribution in [0.15, 0.2) is 218 Å². The van der Waals surface area contributed by atoms with Gasteiger partial charge in [-0.2, -0.15) is 74.6 Å². The molecule has 0 saturated heterocycles. The molecule has 0 spiro atoms. The number of amides is 2. The maximum atomic E-state index is 12.7. The lowest BCUT2D eigenvalue weighted by atomic mass is 10.1. The lowest BCUT2D eigenvalue weighted by molar-refractivity contribution is 0.262. The van der Waals surface area contributed by atoms with Crippen molar-refractivity contribution in [3.05, 3.63) is 158 Å². The zero-order valence-corrected chi connectivity index (χ0v) is 39.5. The number of fused-ring (bicyclic) bond motifs is 2. The smallest absolute Gasteiger partial charge is 0.308 e. The second-order valence-corrected chi connectivity index (χ2v) is 20.7. The first-order valence-corrected chi connectivity index (χ1v) is 26.0. The Kier molecular flexibility index (Phi) is 14.0. The van der Waals surface area contributed by atoms with Gasteiger partial charge in [-0.05, 0) is 156 Å². The molecule has 0 unspecified atom stereocenters. The third kappa shape index (κ3) is 12.7. The Bertz CT molecular complexity index is 3770. The zero-order valence-electron chi connectivity index (χ0n) is 36.2. The molecule has 23 nitrogen and oxygen atoms in total. The van der Waals surface area contributed by atoms with Gasteiger partial charge in [0, 0.05) is 22.1 Å². The Morgan fingerprint density at radius 3 is 0.833 bits per heavy atom. The highest BCUT2D eigenvalue weighted by Crippen LogP contribution is 2.34. The molecule has 0 aliphatic carbocycles. The number of rotatable bonds is 14. The fourth-order valence-corrected chi connectivity index (χ4v) is 9.27. The summed E-state index contributed by atoms with van der Waals surface area (Å²) in [7, 11) is -19.3. The largest absolute Gasteiger partial charge is 0.323 e. The number of nitrogens with one attached hydrogen (secondary N) is 2. The van der Waals surface area contributed by atoms with Gasteiger partial charge in [0.1, 0.15) is 9.79 Å². The average Bonchev–Trinajstić information content (AvgIpc) is 3.33. The van der Waals surface area contributed by atoms with E-state index in [1.807, 2.05) is 0 Å². The maximum absolute atomic E-state index is 12.7. The summed E-state index contributed by atoms with van der Waals surface area (Å²) >= 11 is 0. The minimum atomic E-state index is -4.88. The van der Waals surface area contributed by atoms with Gasteiger partial charge >= 0.3 is 6.03 Å². The predicted octanol–water partition coefficient (Wildman–Crippen LogP) is 12.3. The van der Waals surface area contributed by atoms with Crippen LogP contribution in [0.2, 0.25) is 0 Å². The van der Waals surface area contributed by atoms with E-state index >= 15 is 0 Å². The van der Waals surface area contributed by atoms with E-state index in [4.69, 9.17) is 0 Å². The van der Waals surface area contributed by atoms with E-state index in [0.717, 1.165) is 12.1 Å². The van der Waals surface area contributed by atoms with Gasteiger partial charge in [-0.1, -0.05) is 12.1 Å². The number of benzene rings is 8. The number of urea groups is 1. The van der Waals surface area contributed by atoms with E-state index in [0.29, 0.717) is 57.6 Å². The SMILES string of the molecule is O=C(Nc1ccc(N=Nc2ccc(N=Nc3ccc4cc(S(=O)(=O)O)cc(S(=O)(=O)O)c4c3)cc2)cc1)Nc1ccc(N=Nc2ccc(N=Nc3ccc4cc(S(=O)(=O)O)cc(S(=O)(=O)O)c4c3)cc2)cc1. The van der Waals surface area contributed by atoms with Crippen molar-refractivity contribution < 1.29 is 56.7 Å². The molecular weight excluding hydrogens is 1020 g/mol. The fourth-order valence-electron chi connectivity index (χ4n) is 6.57. The Morgan fingerprint density at radius 2 is 0.569 bits per heavy atom. The quantitative estimate of drug-likeness (QED) is 0.0436. The first-order valence-electron chi connectivity index (χ1n) is 20.2. The maximum Gasteiger partial charge on any atom is 0.323 e. The number of nitrogens with zero attached hydrogens (tertiary/aromatic N) is 8. The van der Waals surface area contributed by atoms with Gasteiger partial charge in [0.25, 0.3) is 40.5 Å². The topological polar surface area (TPSA) is 357 Å². The fraction of sp³-hybridized carbons (Fsp3) is 0. The van der Waals surface area contributed by atoms with Gasteiger partial charge in [-0.25, -0.2) is 4.79 Å². The standard InChI is InChI=1S/C45H32N10O13S4/c56-45(46-29-5-9-31(10-6-29)48-50-33-13-17-35(18-14-33)52-54-37-3-1-27-21-39(69(57,58)59)25-43(41(27)23-37)71(63,64)65)47-30-7-11-32(12-8-30)49-51-34-15-19-36(20-16-34)53-55-38-4-2-28-22-40(70(60,61)62)26-44(42(28)24-38)72(66,67)68/h1-26H,(H2,46,47,56)(H,57,58,59)(H,60,61,62)(H,63,64,65)(H,66,67,68). The Hall–Kier alpha value is -8.41. The molecule has 0 aromatic heterocycles. The molecule has 0 bridgehead atoms. The summed E-state index contributed by atoms with van der Waals surface area (Å²) in [4.78, 5) is 9.85. The van der Waals surface area contributed by atoms with Crippen molar-refractivity contribution in [2.24, 2.45) is 40.9 Å². The molecule has 8 aromatic rings. The Labute approximate surface area is 408 Å². The summed E-state index contributed by atoms with van der Waals surface area (Å²) in [6, 6.07) is 37.2. The van der Waals surface area contributed by atoms with Crippen LogP contribution < -0.4 is 10.6 Å². The van der Waals surface area contributed by atoms with Crippen molar-refractivity contribution in [2.45, 2.75) is 19.6 Å². The van der Waals surface area contributed by atoms with Crippen LogP contribution in [-0.4, -0.2) is 57.9 Å². The second kappa shape index (κ2) is 20.1. The number of azo groups is 4. The molecule has 2 amide bonds. The number of hydrogen-bond acceptors (Lipinski definition) is 17. The molecule has 8 rings (SSSR count). The summed E-state index contributed by atoms with van der Waals surface area (Å²) in [6.45, 7) is 0. The molecule has 0 radical (unpaired) electrons. The van der Waals surface area contributed by atoms with Crippen molar-refractivity contribution in [1.29, 1.82) is 0 Å². The number of anilines is 2. The van der Waals surface area contributed by atoms with Crippen LogP contribution in [-0.2, 0) is 40.5 Å². The van der Waals surface area contributed by atoms with Crippen LogP contribution in [0.4, 0.5) is 61.7 Å². The summed E-state index contributed by atoms with van der Waals surface area (Å²) in [5, 5.41) is 38.9. The third-order valence-corrected chi connectivity index (χ3v) is 13.4. The van der Waals surface area contributed by atoms with Gasteiger partial charge in [-0.15, -0.1) is 0 Å². The van der Waals surface area contributed by atoms with Crippen molar-refractivity contribution in [3.8, 4) is 0 Å². The van der Waals surface area contributed by atoms with Gasteiger partial charge in [-0.3, -0.25) is 18.2 Å². The molecule has 72 heavy (non-hydrogen) atoms. The van der Waals surface area contributed by atoms with Crippen LogP contribution >= 0.6 is 0 Å². The number of carbonyl (C=O) groups excluding carboxylic acids is 1. The van der Waals surface area contributed by atoms with E-state index in [9.17, 15) is 56.7 Å². The monoisotopic (exact) mass is 1050 g/mol. The van der Waals surface area contributed by atoms with Gasteiger partial charge in [0.2, 0.25) is 0 Å². The predicted molar refractivity (Wildman–Crippen MR) is 262 cm³/mol. The first-order chi connectivity index (χ1) is 34.0. The van der Waals surface area contributed by atoms with Gasteiger partial charge in [0.15, 0.2) is 0 Å². The molecule has 6 N–H and O–H groups in total. The van der Waals surface area contributed by atoms with Crippen LogP contribution in [0.25, 0.3) is 21.5 Å². The zero-order chi connectivity index (χ0) is 51.4. The van der Waals surface area contributed by atoms with E-state index in [1.54, 1.807) is 97.1 Å². The summed E-state index contributed by atoms with van der Waals surface area (Å²) in [5.74, 6) is 0. The molecule has 0 heterocycles. The van der Waals surface area contributed by atoms with Crippen molar-refractivity contribution in [2.75, 3.05) is 10.6 Å². The molecule has 0 saturated carbocycles. The minimum Gasteiger partial charge on any atom is -0.308 e. The molecule has 0 fully saturated rings. The Morgan fingerprint density at radius 1 is 0.319 bits per heavy atom. The van der Waals surface area contributed by atoms with Gasteiger partial charge < -0.3 is 10.6 Å². The third-order valence-electron chi connectivity index (χ3n) is 9.97. The lowest BCUT2D eigenvalue weighted by Gasteiger charge is -2.08. The molecular formula is C45H32N10O13S4. The highest BCUT2D eigenvalue weighted by Gasteiger charge is 2.22. The first kappa shape index (κ1) is 50.0. The number of carbonyl (C=O) groups is 1. The lowest BCUT2D eigenvalue weighted by Crippen LogP contribution is -2.19. The summed E-state index contributed by atoms with van der Waals surface area (Å²) < 4.78 is 133. The van der Waals surface area contributed by atoms with E-state index in [1.165, 1.54) is 36.4 Å². The summed E-state index contributed by atoms with van der Waals surface area (Å²) in [6.07, 6.45) is 0. The molecule has 364 valence electrons. The average molecular weight is 1050 g/mol. The van der Waals surface area contributed by atoms with Crippen LogP contribution in [0, 0.1) is 0 Å². The van der Waals surface area contributed by atoms with Crippen LogP contribution in [0.3, 0.4) is 0 Å². The van der Waals surface area contributed by atoms with E-state index in [2.05, 4.69) is 51.5 Å². The highest BCUT2D eigenvalue weighted by atomic mass is 32.2. The summed E-state index contributed by atoms with van der Waals surface area (Å²) in [5.41, 5.74) is 4.07. The Balaban J connectivity index is 0.811. The van der Waals surface area contributed by atoms with Crippen LogP contribution in [0.5, 0.6) is 0 Å². The highest BCUT2D eigenvalue weighted by molar-refractivity contribution is 7.87. The van der Waals surface area contributed by atoms with E-state index < -0.39 is 66.1 Å². The second-order valence-electron chi connectivity index (χ2n) is 15.1. The normalized spacial score (nSPS) is 12.7. The van der Waals surface area contributed by atoms with E-state index in [-0.39, 0.29) is 32.9 Å². The minimum absolute atomic E-state index is 0.0394. The van der Waals surface area contributed by atoms with Crippen LogP contribution in [0.1, 0.15) is 0 Å². The van der Waals surface area contributed by atoms with Crippen molar-refractivity contribution in [3.63, 3.8) is 0 Å². The van der Waals surface area contributed by atoms with Crippen molar-refractivity contribution >= 4 is 125 Å². The van der Waals surface area contributed by atoms with Crippen molar-refractivity contribution in [1.82, 2.24) is 0 Å². The molecule has 8 aromatic carbocycles. The molecule has 27 heteroatoms. The number of hydrogen-bond donors (Lipinski definition) is 6. The molecule has 0 aliphatic heterocycles.